The Labute approximate surface area is 126 Å². The molecule has 0 aliphatic heterocycles. The third-order valence-electron chi connectivity index (χ3n) is 2.69. The molecule has 20 heavy (non-hydrogen) atoms. The smallest absolute Gasteiger partial charge is 0.240 e. The highest BCUT2D eigenvalue weighted by atomic mass is 35.5. The van der Waals surface area contributed by atoms with Gasteiger partial charge in [-0.1, -0.05) is 12.1 Å². The van der Waals surface area contributed by atoms with Gasteiger partial charge in [0.15, 0.2) is 9.84 Å². The van der Waals surface area contributed by atoms with Gasteiger partial charge in [-0.3, -0.25) is 4.79 Å². The summed E-state index contributed by atoms with van der Waals surface area (Å²) < 4.78 is 23.7. The van der Waals surface area contributed by atoms with Crippen LogP contribution >= 0.6 is 12.4 Å². The summed E-state index contributed by atoms with van der Waals surface area (Å²) in [5.41, 5.74) is 6.66. The molecule has 0 aliphatic rings. The van der Waals surface area contributed by atoms with Gasteiger partial charge >= 0.3 is 0 Å². The van der Waals surface area contributed by atoms with E-state index in [1.165, 1.54) is 0 Å². The third-order valence-corrected chi connectivity index (χ3v) is 4.87. The van der Waals surface area contributed by atoms with Crippen LogP contribution in [0.15, 0.2) is 24.3 Å². The molecule has 7 heteroatoms. The highest BCUT2D eigenvalue weighted by Gasteiger charge is 2.17. The largest absolute Gasteiger partial charge is 0.325 e. The van der Waals surface area contributed by atoms with Gasteiger partial charge in [0.25, 0.3) is 0 Å². The minimum Gasteiger partial charge on any atom is -0.325 e. The van der Waals surface area contributed by atoms with Gasteiger partial charge in [0.05, 0.1) is 17.0 Å². The van der Waals surface area contributed by atoms with Gasteiger partial charge < -0.3 is 11.1 Å². The van der Waals surface area contributed by atoms with Crippen LogP contribution in [-0.2, 0) is 20.4 Å². The minimum absolute atomic E-state index is 0. The molecule has 114 valence electrons. The molecule has 0 saturated heterocycles. The molecular weight excluding hydrogens is 300 g/mol. The van der Waals surface area contributed by atoms with E-state index in [0.717, 1.165) is 0 Å². The number of amides is 1. The second-order valence-electron chi connectivity index (χ2n) is 4.83. The number of anilines is 1. The van der Waals surface area contributed by atoms with Gasteiger partial charge in [0.2, 0.25) is 5.91 Å². The van der Waals surface area contributed by atoms with E-state index in [4.69, 9.17) is 5.73 Å². The summed E-state index contributed by atoms with van der Waals surface area (Å²) in [4.78, 5) is 11.5. The Hall–Kier alpha value is -1.11. The highest BCUT2D eigenvalue weighted by molar-refractivity contribution is 7.91. The van der Waals surface area contributed by atoms with Crippen LogP contribution < -0.4 is 11.1 Å². The first kappa shape index (κ1) is 18.9. The molecule has 0 unspecified atom stereocenters. The van der Waals surface area contributed by atoms with Crippen molar-refractivity contribution in [2.24, 2.45) is 5.73 Å². The van der Waals surface area contributed by atoms with Crippen LogP contribution in [0.2, 0.25) is 0 Å². The normalized spacial score (nSPS) is 12.7. The second-order valence-corrected chi connectivity index (χ2v) is 7.39. The molecular formula is C13H21ClN2O3S. The van der Waals surface area contributed by atoms with Crippen LogP contribution in [0.4, 0.5) is 5.69 Å². The first-order valence-corrected chi connectivity index (χ1v) is 7.81. The van der Waals surface area contributed by atoms with Crippen molar-refractivity contribution in [3.63, 3.8) is 0 Å². The van der Waals surface area contributed by atoms with E-state index in [-0.39, 0.29) is 24.1 Å². The van der Waals surface area contributed by atoms with E-state index in [1.54, 1.807) is 45.0 Å². The number of sulfone groups is 1. The maximum atomic E-state index is 11.8. The number of benzene rings is 1. The Morgan fingerprint density at radius 2 is 1.90 bits per heavy atom. The van der Waals surface area contributed by atoms with Gasteiger partial charge in [-0.15, -0.1) is 12.4 Å². The van der Waals surface area contributed by atoms with Crippen LogP contribution in [-0.4, -0.2) is 25.6 Å². The number of carbonyl (C=O) groups excluding carboxylic acids is 1. The predicted molar refractivity (Wildman–Crippen MR) is 83.7 cm³/mol. The Morgan fingerprint density at radius 1 is 1.30 bits per heavy atom. The lowest BCUT2D eigenvalue weighted by atomic mass is 10.2. The fourth-order valence-electron chi connectivity index (χ4n) is 1.39. The Bertz CT molecular complexity index is 556. The first-order chi connectivity index (χ1) is 8.72. The zero-order valence-electron chi connectivity index (χ0n) is 11.8. The average Bonchev–Trinajstić information content (AvgIpc) is 2.28. The van der Waals surface area contributed by atoms with Crippen molar-refractivity contribution < 1.29 is 13.2 Å². The number of nitrogens with two attached hydrogens (primary N) is 1. The molecule has 0 heterocycles. The van der Waals surface area contributed by atoms with E-state index >= 15 is 0 Å². The molecule has 3 N–H and O–H groups in total. The zero-order chi connectivity index (χ0) is 14.6. The van der Waals surface area contributed by atoms with Crippen LogP contribution in [0, 0.1) is 0 Å². The van der Waals surface area contributed by atoms with Gasteiger partial charge in [0, 0.05) is 5.69 Å². The molecule has 0 fully saturated rings. The summed E-state index contributed by atoms with van der Waals surface area (Å²) in [6, 6.07) is 6.18. The van der Waals surface area contributed by atoms with Crippen LogP contribution in [0.1, 0.15) is 26.3 Å². The lowest BCUT2D eigenvalue weighted by Crippen LogP contribution is -2.32. The molecule has 1 aromatic rings. The lowest BCUT2D eigenvalue weighted by Gasteiger charge is -2.11. The van der Waals surface area contributed by atoms with Crippen molar-refractivity contribution in [3.05, 3.63) is 29.8 Å². The average molecular weight is 321 g/mol. The third kappa shape index (κ3) is 5.48. The molecule has 1 amide bonds. The van der Waals surface area contributed by atoms with Gasteiger partial charge in [-0.05, 0) is 38.5 Å². The maximum absolute atomic E-state index is 11.8. The molecule has 5 nitrogen and oxygen atoms in total. The fraction of sp³-hybridized carbons (Fsp3) is 0.462. The molecule has 0 bridgehead atoms. The molecule has 1 rings (SSSR count). The molecule has 0 aliphatic carbocycles. The van der Waals surface area contributed by atoms with Gasteiger partial charge in [-0.2, -0.15) is 0 Å². The molecule has 1 atom stereocenters. The first-order valence-electron chi connectivity index (χ1n) is 6.09. The quantitative estimate of drug-likeness (QED) is 0.864. The SMILES string of the molecule is CC(C)S(=O)(=O)Cc1cccc(NC(=O)[C@H](C)N)c1.Cl. The number of rotatable bonds is 5. The monoisotopic (exact) mass is 320 g/mol. The van der Waals surface area contributed by atoms with Crippen LogP contribution in [0.25, 0.3) is 0 Å². The van der Waals surface area contributed by atoms with Crippen molar-refractivity contribution in [2.75, 3.05) is 5.32 Å². The topological polar surface area (TPSA) is 89.3 Å². The van der Waals surface area contributed by atoms with E-state index < -0.39 is 21.1 Å². The Morgan fingerprint density at radius 3 is 2.40 bits per heavy atom. The molecule has 0 aromatic heterocycles. The summed E-state index contributed by atoms with van der Waals surface area (Å²) in [7, 11) is -3.15. The maximum Gasteiger partial charge on any atom is 0.240 e. The number of halogens is 1. The van der Waals surface area contributed by atoms with Gasteiger partial charge in [0.1, 0.15) is 0 Å². The molecule has 0 radical (unpaired) electrons. The molecule has 0 spiro atoms. The summed E-state index contributed by atoms with van der Waals surface area (Å²) in [6.45, 7) is 4.89. The fourth-order valence-corrected chi connectivity index (χ4v) is 2.37. The summed E-state index contributed by atoms with van der Waals surface area (Å²) >= 11 is 0. The lowest BCUT2D eigenvalue weighted by molar-refractivity contribution is -0.117. The molecule has 0 saturated carbocycles. The van der Waals surface area contributed by atoms with E-state index in [2.05, 4.69) is 5.32 Å². The van der Waals surface area contributed by atoms with Crippen molar-refractivity contribution in [1.82, 2.24) is 0 Å². The Balaban J connectivity index is 0.00000361. The number of hydrogen-bond acceptors (Lipinski definition) is 4. The van der Waals surface area contributed by atoms with Crippen molar-refractivity contribution in [2.45, 2.75) is 37.8 Å². The van der Waals surface area contributed by atoms with Crippen molar-refractivity contribution in [3.8, 4) is 0 Å². The summed E-state index contributed by atoms with van der Waals surface area (Å²) in [6.07, 6.45) is 0. The van der Waals surface area contributed by atoms with Gasteiger partial charge in [-0.25, -0.2) is 8.42 Å². The van der Waals surface area contributed by atoms with Crippen LogP contribution in [0.5, 0.6) is 0 Å². The van der Waals surface area contributed by atoms with E-state index in [1.807, 2.05) is 0 Å². The molecule has 1 aromatic carbocycles. The van der Waals surface area contributed by atoms with Crippen molar-refractivity contribution in [1.29, 1.82) is 0 Å². The minimum atomic E-state index is -3.15. The second kappa shape index (κ2) is 7.61. The number of nitrogens with one attached hydrogen (secondary N) is 1. The zero-order valence-corrected chi connectivity index (χ0v) is 13.4. The van der Waals surface area contributed by atoms with E-state index in [0.29, 0.717) is 11.3 Å². The Kier molecular flexibility index (Phi) is 7.19. The highest BCUT2D eigenvalue weighted by Crippen LogP contribution is 2.15. The predicted octanol–water partition coefficient (Wildman–Crippen LogP) is 1.72. The van der Waals surface area contributed by atoms with Crippen molar-refractivity contribution >= 4 is 33.8 Å². The summed E-state index contributed by atoms with van der Waals surface area (Å²) in [5.74, 6) is -0.337. The number of hydrogen-bond donors (Lipinski definition) is 2. The number of carbonyl (C=O) groups is 1. The summed E-state index contributed by atoms with van der Waals surface area (Å²) in [5, 5.41) is 2.22. The van der Waals surface area contributed by atoms with Crippen LogP contribution in [0.3, 0.4) is 0 Å². The standard InChI is InChI=1S/C13H20N2O3S.ClH/c1-9(2)19(17,18)8-11-5-4-6-12(7-11)15-13(16)10(3)14;/h4-7,9-10H,8,14H2,1-3H3,(H,15,16);1H/t10-;/m0./s1. The van der Waals surface area contributed by atoms with E-state index in [9.17, 15) is 13.2 Å².